The molecule has 0 radical (unpaired) electrons. The maximum atomic E-state index is 4.40. The van der Waals surface area contributed by atoms with E-state index in [1.165, 1.54) is 5.69 Å². The summed E-state index contributed by atoms with van der Waals surface area (Å²) in [6.07, 6.45) is 4.07. The van der Waals surface area contributed by atoms with Crippen molar-refractivity contribution in [3.63, 3.8) is 0 Å². The van der Waals surface area contributed by atoms with Gasteiger partial charge in [-0.25, -0.2) is 4.98 Å². The Morgan fingerprint density at radius 2 is 2.12 bits per heavy atom. The van der Waals surface area contributed by atoms with E-state index < -0.39 is 0 Å². The van der Waals surface area contributed by atoms with Crippen molar-refractivity contribution in [3.05, 3.63) is 36.3 Å². The van der Waals surface area contributed by atoms with Gasteiger partial charge in [-0.05, 0) is 12.1 Å². The molecule has 1 saturated heterocycles. The minimum atomic E-state index is 0.993. The standard InChI is InChI=1S/C12H16N4/c1-2-6-16-11(9-14-12(16)3-1)10-15-7-4-13-5-8-15/h1-3,6,9,13H,4-5,7-8,10H2. The number of nitrogens with one attached hydrogen (secondary N) is 1. The SMILES string of the molecule is c1ccn2c(CN3CCNCC3)cnc2c1. The van der Waals surface area contributed by atoms with Crippen molar-refractivity contribution in [2.75, 3.05) is 26.2 Å². The average molecular weight is 216 g/mol. The number of nitrogens with zero attached hydrogens (tertiary/aromatic N) is 3. The molecule has 4 heteroatoms. The van der Waals surface area contributed by atoms with E-state index in [2.05, 4.69) is 31.9 Å². The van der Waals surface area contributed by atoms with Gasteiger partial charge in [-0.3, -0.25) is 4.90 Å². The third-order valence-corrected chi connectivity index (χ3v) is 3.09. The molecule has 84 valence electrons. The lowest BCUT2D eigenvalue weighted by Crippen LogP contribution is -2.43. The van der Waals surface area contributed by atoms with Gasteiger partial charge in [0.1, 0.15) is 5.65 Å². The Bertz CT molecular complexity index is 471. The summed E-state index contributed by atoms with van der Waals surface area (Å²) in [5, 5.41) is 3.37. The van der Waals surface area contributed by atoms with Crippen LogP contribution in [0.1, 0.15) is 5.69 Å². The van der Waals surface area contributed by atoms with Crippen molar-refractivity contribution in [1.82, 2.24) is 19.6 Å². The van der Waals surface area contributed by atoms with E-state index >= 15 is 0 Å². The lowest BCUT2D eigenvalue weighted by Gasteiger charge is -2.26. The molecule has 3 rings (SSSR count). The predicted octanol–water partition coefficient (Wildman–Crippen LogP) is 0.739. The molecule has 1 aliphatic rings. The van der Waals surface area contributed by atoms with Crippen LogP contribution < -0.4 is 5.32 Å². The zero-order valence-electron chi connectivity index (χ0n) is 9.26. The molecule has 2 aromatic rings. The third kappa shape index (κ3) is 1.81. The first kappa shape index (κ1) is 9.81. The third-order valence-electron chi connectivity index (χ3n) is 3.09. The number of hydrogen-bond donors (Lipinski definition) is 1. The molecule has 0 aromatic carbocycles. The molecule has 0 unspecified atom stereocenters. The average Bonchev–Trinajstić information content (AvgIpc) is 2.74. The maximum absolute atomic E-state index is 4.40. The van der Waals surface area contributed by atoms with Crippen LogP contribution in [0.15, 0.2) is 30.6 Å². The van der Waals surface area contributed by atoms with Crippen molar-refractivity contribution in [3.8, 4) is 0 Å². The second kappa shape index (κ2) is 4.23. The zero-order chi connectivity index (χ0) is 10.8. The van der Waals surface area contributed by atoms with Gasteiger partial charge in [0.2, 0.25) is 0 Å². The fraction of sp³-hybridized carbons (Fsp3) is 0.417. The first-order valence-electron chi connectivity index (χ1n) is 5.77. The van der Waals surface area contributed by atoms with Gasteiger partial charge in [0.25, 0.3) is 0 Å². The topological polar surface area (TPSA) is 32.6 Å². The van der Waals surface area contributed by atoms with Crippen LogP contribution in [0, 0.1) is 0 Å². The summed E-state index contributed by atoms with van der Waals surface area (Å²) in [5.74, 6) is 0. The Hall–Kier alpha value is -1.39. The fourth-order valence-corrected chi connectivity index (χ4v) is 2.20. The van der Waals surface area contributed by atoms with Gasteiger partial charge < -0.3 is 9.72 Å². The summed E-state index contributed by atoms with van der Waals surface area (Å²) in [4.78, 5) is 6.87. The molecule has 0 spiro atoms. The van der Waals surface area contributed by atoms with Gasteiger partial charge in [0, 0.05) is 38.9 Å². The lowest BCUT2D eigenvalue weighted by atomic mass is 10.3. The Balaban J connectivity index is 1.83. The van der Waals surface area contributed by atoms with Crippen LogP contribution in [0.5, 0.6) is 0 Å². The van der Waals surface area contributed by atoms with Crippen LogP contribution in [0.3, 0.4) is 0 Å². The van der Waals surface area contributed by atoms with Crippen LogP contribution in [-0.4, -0.2) is 40.5 Å². The van der Waals surface area contributed by atoms with Gasteiger partial charge in [0.05, 0.1) is 11.9 Å². The molecule has 16 heavy (non-hydrogen) atoms. The summed E-state index contributed by atoms with van der Waals surface area (Å²) in [6, 6.07) is 6.12. The second-order valence-corrected chi connectivity index (χ2v) is 4.20. The number of piperazine rings is 1. The molecule has 2 aromatic heterocycles. The Morgan fingerprint density at radius 3 is 3.00 bits per heavy atom. The Kier molecular flexibility index (Phi) is 2.60. The molecule has 0 aliphatic carbocycles. The van der Waals surface area contributed by atoms with Crippen molar-refractivity contribution < 1.29 is 0 Å². The smallest absolute Gasteiger partial charge is 0.136 e. The largest absolute Gasteiger partial charge is 0.314 e. The highest BCUT2D eigenvalue weighted by molar-refractivity contribution is 5.39. The van der Waals surface area contributed by atoms with E-state index in [4.69, 9.17) is 0 Å². The van der Waals surface area contributed by atoms with E-state index in [0.717, 1.165) is 38.4 Å². The Labute approximate surface area is 94.9 Å². The van der Waals surface area contributed by atoms with E-state index in [0.29, 0.717) is 0 Å². The molecule has 1 aliphatic heterocycles. The molecule has 0 saturated carbocycles. The second-order valence-electron chi connectivity index (χ2n) is 4.20. The summed E-state index contributed by atoms with van der Waals surface area (Å²) in [5.41, 5.74) is 2.31. The fourth-order valence-electron chi connectivity index (χ4n) is 2.20. The van der Waals surface area contributed by atoms with Crippen LogP contribution in [0.4, 0.5) is 0 Å². The summed E-state index contributed by atoms with van der Waals surface area (Å²) >= 11 is 0. The monoisotopic (exact) mass is 216 g/mol. The number of fused-ring (bicyclic) bond motifs is 1. The first-order valence-corrected chi connectivity index (χ1v) is 5.77. The molecular formula is C12H16N4. The quantitative estimate of drug-likeness (QED) is 0.803. The van der Waals surface area contributed by atoms with Crippen LogP contribution >= 0.6 is 0 Å². The van der Waals surface area contributed by atoms with E-state index in [-0.39, 0.29) is 0 Å². The highest BCUT2D eigenvalue weighted by Gasteiger charge is 2.11. The number of aromatic nitrogens is 2. The van der Waals surface area contributed by atoms with Gasteiger partial charge >= 0.3 is 0 Å². The molecule has 0 bridgehead atoms. The normalized spacial score (nSPS) is 18.0. The number of hydrogen-bond acceptors (Lipinski definition) is 3. The molecule has 1 N–H and O–H groups in total. The van der Waals surface area contributed by atoms with Crippen molar-refractivity contribution in [2.24, 2.45) is 0 Å². The minimum Gasteiger partial charge on any atom is -0.314 e. The van der Waals surface area contributed by atoms with Crippen molar-refractivity contribution in [1.29, 1.82) is 0 Å². The molecule has 4 nitrogen and oxygen atoms in total. The van der Waals surface area contributed by atoms with Crippen LogP contribution in [0.25, 0.3) is 5.65 Å². The predicted molar refractivity (Wildman–Crippen MR) is 63.3 cm³/mol. The zero-order valence-corrected chi connectivity index (χ0v) is 9.26. The van der Waals surface area contributed by atoms with Crippen molar-refractivity contribution >= 4 is 5.65 Å². The molecular weight excluding hydrogens is 200 g/mol. The van der Waals surface area contributed by atoms with Crippen LogP contribution in [0.2, 0.25) is 0 Å². The van der Waals surface area contributed by atoms with E-state index in [9.17, 15) is 0 Å². The van der Waals surface area contributed by atoms with Gasteiger partial charge in [-0.15, -0.1) is 0 Å². The highest BCUT2D eigenvalue weighted by atomic mass is 15.2. The Morgan fingerprint density at radius 1 is 1.25 bits per heavy atom. The molecule has 1 fully saturated rings. The molecule has 0 amide bonds. The highest BCUT2D eigenvalue weighted by Crippen LogP contribution is 2.09. The van der Waals surface area contributed by atoms with Gasteiger partial charge in [-0.2, -0.15) is 0 Å². The molecule has 0 atom stereocenters. The van der Waals surface area contributed by atoms with Gasteiger partial charge in [0.15, 0.2) is 0 Å². The maximum Gasteiger partial charge on any atom is 0.136 e. The van der Waals surface area contributed by atoms with E-state index in [1.54, 1.807) is 0 Å². The summed E-state index contributed by atoms with van der Waals surface area (Å²) in [7, 11) is 0. The lowest BCUT2D eigenvalue weighted by molar-refractivity contribution is 0.230. The summed E-state index contributed by atoms with van der Waals surface area (Å²) in [6.45, 7) is 5.43. The number of imidazole rings is 1. The minimum absolute atomic E-state index is 0.993. The van der Waals surface area contributed by atoms with Crippen molar-refractivity contribution in [2.45, 2.75) is 6.54 Å². The molecule has 3 heterocycles. The summed E-state index contributed by atoms with van der Waals surface area (Å²) < 4.78 is 2.17. The van der Waals surface area contributed by atoms with Crippen LogP contribution in [-0.2, 0) is 6.54 Å². The van der Waals surface area contributed by atoms with E-state index in [1.807, 2.05) is 18.3 Å². The number of pyridine rings is 1. The van der Waals surface area contributed by atoms with Gasteiger partial charge in [-0.1, -0.05) is 6.07 Å². The first-order chi connectivity index (χ1) is 7.93. The number of rotatable bonds is 2.